The van der Waals surface area contributed by atoms with Crippen LogP contribution in [0, 0.1) is 0 Å². The van der Waals surface area contributed by atoms with Crippen molar-refractivity contribution in [2.45, 2.75) is 58.8 Å². The monoisotopic (exact) mass is 362 g/mol. The van der Waals surface area contributed by atoms with Gasteiger partial charge in [0.05, 0.1) is 46.2 Å². The van der Waals surface area contributed by atoms with E-state index in [2.05, 4.69) is 6.92 Å². The molecule has 6 nitrogen and oxygen atoms in total. The third-order valence-electron chi connectivity index (χ3n) is 3.54. The molecule has 0 aromatic rings. The van der Waals surface area contributed by atoms with Gasteiger partial charge in [-0.2, -0.15) is 0 Å². The molecular weight excluding hydrogens is 324 g/mol. The van der Waals surface area contributed by atoms with Crippen LogP contribution in [0.3, 0.4) is 0 Å². The Kier molecular flexibility index (Phi) is 20.8. The van der Waals surface area contributed by atoms with E-state index in [4.69, 9.17) is 23.7 Å². The van der Waals surface area contributed by atoms with Gasteiger partial charge in [-0.25, -0.2) is 0 Å². The van der Waals surface area contributed by atoms with Crippen LogP contribution in [0.2, 0.25) is 0 Å². The quantitative estimate of drug-likeness (QED) is 0.244. The summed E-state index contributed by atoms with van der Waals surface area (Å²) < 4.78 is 26.3. The van der Waals surface area contributed by atoms with Gasteiger partial charge < -0.3 is 23.7 Å². The number of unbranched alkanes of at least 4 members (excludes halogenated alkanes) is 6. The van der Waals surface area contributed by atoms with Gasteiger partial charge in [0, 0.05) is 13.5 Å². The van der Waals surface area contributed by atoms with Gasteiger partial charge in [0.1, 0.15) is 6.61 Å². The molecule has 0 heterocycles. The maximum atomic E-state index is 10.5. The molecule has 0 unspecified atom stereocenters. The molecule has 0 bridgehead atoms. The number of ether oxygens (including phenoxy) is 5. The van der Waals surface area contributed by atoms with E-state index in [1.807, 2.05) is 0 Å². The molecule has 0 amide bonds. The predicted molar refractivity (Wildman–Crippen MR) is 97.9 cm³/mol. The molecule has 0 radical (unpaired) electrons. The lowest BCUT2D eigenvalue weighted by Gasteiger charge is -2.07. The lowest BCUT2D eigenvalue weighted by atomic mass is 10.1. The fraction of sp³-hybridized carbons (Fsp3) is 0.947. The highest BCUT2D eigenvalue weighted by Gasteiger charge is 1.95. The average molecular weight is 363 g/mol. The van der Waals surface area contributed by atoms with Gasteiger partial charge in [-0.15, -0.1) is 0 Å². The van der Waals surface area contributed by atoms with Gasteiger partial charge in [-0.05, 0) is 6.42 Å². The molecule has 0 spiro atoms. The Bertz CT molecular complexity index is 273. The van der Waals surface area contributed by atoms with Crippen molar-refractivity contribution in [3.63, 3.8) is 0 Å². The summed E-state index contributed by atoms with van der Waals surface area (Å²) in [6, 6.07) is 0. The van der Waals surface area contributed by atoms with E-state index >= 15 is 0 Å². The Labute approximate surface area is 153 Å². The molecule has 0 aromatic carbocycles. The first kappa shape index (κ1) is 24.3. The van der Waals surface area contributed by atoms with E-state index in [0.717, 1.165) is 13.0 Å². The SMILES string of the molecule is CCCCCCCCCOCCOCCOCCOCCOC(C)=O. The highest BCUT2D eigenvalue weighted by molar-refractivity contribution is 5.65. The zero-order valence-electron chi connectivity index (χ0n) is 16.3. The highest BCUT2D eigenvalue weighted by atomic mass is 16.6. The first-order chi connectivity index (χ1) is 12.3. The molecule has 0 saturated heterocycles. The van der Waals surface area contributed by atoms with Gasteiger partial charge in [0.2, 0.25) is 0 Å². The van der Waals surface area contributed by atoms with Gasteiger partial charge in [0.25, 0.3) is 0 Å². The number of esters is 1. The fourth-order valence-electron chi connectivity index (χ4n) is 2.17. The third-order valence-corrected chi connectivity index (χ3v) is 3.54. The molecule has 0 atom stereocenters. The zero-order chi connectivity index (χ0) is 18.4. The van der Waals surface area contributed by atoms with Crippen molar-refractivity contribution in [2.75, 3.05) is 59.5 Å². The zero-order valence-corrected chi connectivity index (χ0v) is 16.3. The number of rotatable bonds is 20. The maximum absolute atomic E-state index is 10.5. The molecule has 0 aliphatic carbocycles. The Hall–Kier alpha value is -0.690. The maximum Gasteiger partial charge on any atom is 0.302 e. The summed E-state index contributed by atoms with van der Waals surface area (Å²) >= 11 is 0. The Morgan fingerprint density at radius 2 is 0.960 bits per heavy atom. The molecule has 0 fully saturated rings. The van der Waals surface area contributed by atoms with Crippen LogP contribution in [0.5, 0.6) is 0 Å². The van der Waals surface area contributed by atoms with Crippen molar-refractivity contribution < 1.29 is 28.5 Å². The van der Waals surface area contributed by atoms with Crippen molar-refractivity contribution >= 4 is 5.97 Å². The summed E-state index contributed by atoms with van der Waals surface area (Å²) in [6.07, 6.45) is 9.13. The van der Waals surface area contributed by atoms with E-state index in [9.17, 15) is 4.79 Å². The standard InChI is InChI=1S/C19H38O6/c1-3-4-5-6-7-8-9-10-21-11-12-22-13-14-23-15-16-24-17-18-25-19(2)20/h3-18H2,1-2H3. The molecule has 150 valence electrons. The van der Waals surface area contributed by atoms with Gasteiger partial charge in [-0.1, -0.05) is 45.4 Å². The van der Waals surface area contributed by atoms with Crippen molar-refractivity contribution in [2.24, 2.45) is 0 Å². The van der Waals surface area contributed by atoms with Crippen LogP contribution in [0.1, 0.15) is 58.8 Å². The molecule has 0 aliphatic heterocycles. The highest BCUT2D eigenvalue weighted by Crippen LogP contribution is 2.06. The largest absolute Gasteiger partial charge is 0.463 e. The van der Waals surface area contributed by atoms with Gasteiger partial charge in [-0.3, -0.25) is 4.79 Å². The normalized spacial score (nSPS) is 11.0. The second-order valence-electron chi connectivity index (χ2n) is 5.91. The first-order valence-electron chi connectivity index (χ1n) is 9.71. The number of carbonyl (C=O) groups is 1. The van der Waals surface area contributed by atoms with Crippen LogP contribution in [0.25, 0.3) is 0 Å². The van der Waals surface area contributed by atoms with Gasteiger partial charge >= 0.3 is 5.97 Å². The van der Waals surface area contributed by atoms with Crippen LogP contribution in [-0.2, 0) is 28.5 Å². The van der Waals surface area contributed by atoms with Crippen LogP contribution in [0.15, 0.2) is 0 Å². The Morgan fingerprint density at radius 1 is 0.560 bits per heavy atom. The Morgan fingerprint density at radius 3 is 1.44 bits per heavy atom. The Balaban J connectivity index is 2.97. The summed E-state index contributed by atoms with van der Waals surface area (Å²) in [4.78, 5) is 10.5. The topological polar surface area (TPSA) is 63.2 Å². The van der Waals surface area contributed by atoms with Crippen LogP contribution in [0.4, 0.5) is 0 Å². The molecule has 0 aliphatic rings. The fourth-order valence-corrected chi connectivity index (χ4v) is 2.17. The van der Waals surface area contributed by atoms with Crippen molar-refractivity contribution in [1.82, 2.24) is 0 Å². The van der Waals surface area contributed by atoms with Crippen LogP contribution < -0.4 is 0 Å². The predicted octanol–water partition coefficient (Wildman–Crippen LogP) is 3.37. The number of carbonyl (C=O) groups excluding carboxylic acids is 1. The number of hydrogen-bond donors (Lipinski definition) is 0. The lowest BCUT2D eigenvalue weighted by Crippen LogP contribution is -2.13. The molecular formula is C19H38O6. The van der Waals surface area contributed by atoms with Crippen LogP contribution >= 0.6 is 0 Å². The summed E-state index contributed by atoms with van der Waals surface area (Å²) in [7, 11) is 0. The van der Waals surface area contributed by atoms with Crippen molar-refractivity contribution in [3.8, 4) is 0 Å². The summed E-state index contributed by atoms with van der Waals surface area (Å²) in [6.45, 7) is 8.51. The molecule has 0 saturated carbocycles. The minimum atomic E-state index is -0.289. The second-order valence-corrected chi connectivity index (χ2v) is 5.91. The van der Waals surface area contributed by atoms with E-state index in [1.165, 1.54) is 45.4 Å². The average Bonchev–Trinajstić information content (AvgIpc) is 2.60. The lowest BCUT2D eigenvalue weighted by molar-refractivity contribution is -0.142. The molecule has 0 rings (SSSR count). The first-order valence-corrected chi connectivity index (χ1v) is 9.71. The van der Waals surface area contributed by atoms with E-state index in [0.29, 0.717) is 46.2 Å². The number of hydrogen-bond acceptors (Lipinski definition) is 6. The molecule has 25 heavy (non-hydrogen) atoms. The smallest absolute Gasteiger partial charge is 0.302 e. The second kappa shape index (κ2) is 21.4. The van der Waals surface area contributed by atoms with Gasteiger partial charge in [0.15, 0.2) is 0 Å². The third kappa shape index (κ3) is 23.3. The molecule has 6 heteroatoms. The molecule has 0 aromatic heterocycles. The minimum Gasteiger partial charge on any atom is -0.463 e. The minimum absolute atomic E-state index is 0.289. The van der Waals surface area contributed by atoms with E-state index < -0.39 is 0 Å². The van der Waals surface area contributed by atoms with E-state index in [-0.39, 0.29) is 12.6 Å². The van der Waals surface area contributed by atoms with Crippen molar-refractivity contribution in [3.05, 3.63) is 0 Å². The molecule has 0 N–H and O–H groups in total. The van der Waals surface area contributed by atoms with Crippen LogP contribution in [-0.4, -0.2) is 65.4 Å². The van der Waals surface area contributed by atoms with Crippen molar-refractivity contribution in [1.29, 1.82) is 0 Å². The summed E-state index contributed by atoms with van der Waals surface area (Å²) in [5, 5.41) is 0. The van der Waals surface area contributed by atoms with E-state index in [1.54, 1.807) is 0 Å². The summed E-state index contributed by atoms with van der Waals surface area (Å²) in [5.41, 5.74) is 0. The summed E-state index contributed by atoms with van der Waals surface area (Å²) in [5.74, 6) is -0.289.